The molecule has 0 saturated heterocycles. The highest BCUT2D eigenvalue weighted by molar-refractivity contribution is 7.93. The van der Waals surface area contributed by atoms with Gasteiger partial charge in [-0.25, -0.2) is 8.42 Å². The fourth-order valence-corrected chi connectivity index (χ4v) is 4.83. The second kappa shape index (κ2) is 6.82. The van der Waals surface area contributed by atoms with Crippen molar-refractivity contribution in [2.24, 2.45) is 0 Å². The van der Waals surface area contributed by atoms with E-state index in [0.29, 0.717) is 9.90 Å². The molecule has 2 heterocycles. The van der Waals surface area contributed by atoms with E-state index in [9.17, 15) is 18.0 Å². The molecule has 0 saturated carbocycles. The number of tetrazole rings is 1. The Hall–Kier alpha value is -2.43. The van der Waals surface area contributed by atoms with E-state index in [1.807, 2.05) is 0 Å². The predicted octanol–water partition coefficient (Wildman–Crippen LogP) is 1.74. The molecule has 3 rings (SSSR count). The molecule has 0 aliphatic carbocycles. The quantitative estimate of drug-likeness (QED) is 0.497. The number of rotatable bonds is 6. The Bertz CT molecular complexity index is 1030. The summed E-state index contributed by atoms with van der Waals surface area (Å²) in [7, 11) is -3.71. The third-order valence-electron chi connectivity index (χ3n) is 3.16. The van der Waals surface area contributed by atoms with E-state index in [2.05, 4.69) is 20.6 Å². The van der Waals surface area contributed by atoms with E-state index in [0.717, 1.165) is 11.3 Å². The summed E-state index contributed by atoms with van der Waals surface area (Å²) < 4.78 is 25.2. The zero-order valence-electron chi connectivity index (χ0n) is 12.3. The van der Waals surface area contributed by atoms with E-state index in [1.54, 1.807) is 0 Å². The van der Waals surface area contributed by atoms with E-state index in [-0.39, 0.29) is 21.3 Å². The molecule has 11 heteroatoms. The van der Waals surface area contributed by atoms with Gasteiger partial charge in [-0.15, -0.1) is 21.5 Å². The number of ketones is 2. The average molecular weight is 397 g/mol. The first-order valence-corrected chi connectivity index (χ1v) is 9.46. The number of carbonyl (C=O) groups is 2. The van der Waals surface area contributed by atoms with Crippen molar-refractivity contribution in [1.29, 1.82) is 0 Å². The van der Waals surface area contributed by atoms with Crippen LogP contribution >= 0.6 is 22.9 Å². The van der Waals surface area contributed by atoms with Gasteiger partial charge in [-0.1, -0.05) is 11.6 Å². The van der Waals surface area contributed by atoms with Crippen LogP contribution in [0.1, 0.15) is 15.5 Å². The Balaban J connectivity index is 1.79. The number of hydrogen-bond acceptors (Lipinski definition) is 8. The fourth-order valence-electron chi connectivity index (χ4n) is 1.95. The lowest BCUT2D eigenvalue weighted by Gasteiger charge is -2.01. The molecule has 128 valence electrons. The molecule has 0 bridgehead atoms. The van der Waals surface area contributed by atoms with Crippen molar-refractivity contribution < 1.29 is 18.0 Å². The SMILES string of the molecule is O=C(Cc1ccc(S(=O)(=O)c2ccc(Cl)cc2)s1)C(=O)c1nn[nH]n1. The molecule has 1 aromatic carbocycles. The summed E-state index contributed by atoms with van der Waals surface area (Å²) in [6.45, 7) is 0. The number of benzene rings is 1. The first-order chi connectivity index (χ1) is 11.9. The summed E-state index contributed by atoms with van der Waals surface area (Å²) in [5.74, 6) is -1.96. The lowest BCUT2D eigenvalue weighted by Crippen LogP contribution is -2.17. The Labute approximate surface area is 150 Å². The molecule has 2 aromatic heterocycles. The highest BCUT2D eigenvalue weighted by Crippen LogP contribution is 2.29. The second-order valence-electron chi connectivity index (χ2n) is 4.84. The third-order valence-corrected chi connectivity index (χ3v) is 6.76. The normalized spacial score (nSPS) is 11.4. The van der Waals surface area contributed by atoms with Crippen molar-refractivity contribution in [3.63, 3.8) is 0 Å². The van der Waals surface area contributed by atoms with Gasteiger partial charge in [-0.2, -0.15) is 5.21 Å². The number of aromatic amines is 1. The van der Waals surface area contributed by atoms with Crippen molar-refractivity contribution in [2.45, 2.75) is 15.5 Å². The zero-order valence-corrected chi connectivity index (χ0v) is 14.7. The topological polar surface area (TPSA) is 123 Å². The molecular formula is C14H9ClN4O4S2. The van der Waals surface area contributed by atoms with Crippen molar-refractivity contribution in [3.8, 4) is 0 Å². The van der Waals surface area contributed by atoms with Crippen LogP contribution in [-0.4, -0.2) is 40.6 Å². The van der Waals surface area contributed by atoms with E-state index in [4.69, 9.17) is 11.6 Å². The van der Waals surface area contributed by atoms with Gasteiger partial charge in [-0.05, 0) is 41.6 Å². The molecular weight excluding hydrogens is 388 g/mol. The van der Waals surface area contributed by atoms with Crippen molar-refractivity contribution in [3.05, 3.63) is 52.1 Å². The number of nitrogens with one attached hydrogen (secondary N) is 1. The van der Waals surface area contributed by atoms with Gasteiger partial charge in [0.1, 0.15) is 4.21 Å². The maximum atomic E-state index is 12.5. The van der Waals surface area contributed by atoms with Gasteiger partial charge in [0, 0.05) is 16.3 Å². The van der Waals surface area contributed by atoms with Gasteiger partial charge in [-0.3, -0.25) is 9.59 Å². The molecule has 25 heavy (non-hydrogen) atoms. The van der Waals surface area contributed by atoms with E-state index < -0.39 is 21.4 Å². The first-order valence-electron chi connectivity index (χ1n) is 6.78. The number of carbonyl (C=O) groups excluding carboxylic acids is 2. The van der Waals surface area contributed by atoms with Crippen LogP contribution in [0.3, 0.4) is 0 Å². The number of Topliss-reactive ketones (excluding diaryl/α,β-unsaturated/α-hetero) is 2. The molecule has 0 amide bonds. The molecule has 0 aliphatic heterocycles. The Morgan fingerprint density at radius 2 is 1.84 bits per heavy atom. The third kappa shape index (κ3) is 3.65. The number of halogens is 1. The van der Waals surface area contributed by atoms with Crippen molar-refractivity contribution in [1.82, 2.24) is 20.6 Å². The fraction of sp³-hybridized carbons (Fsp3) is 0.0714. The Morgan fingerprint density at radius 1 is 1.12 bits per heavy atom. The smallest absolute Gasteiger partial charge is 0.269 e. The molecule has 8 nitrogen and oxygen atoms in total. The number of sulfone groups is 1. The van der Waals surface area contributed by atoms with Gasteiger partial charge in [0.15, 0.2) is 0 Å². The molecule has 0 unspecified atom stereocenters. The second-order valence-corrected chi connectivity index (χ2v) is 8.62. The number of H-pyrrole nitrogens is 1. The highest BCUT2D eigenvalue weighted by Gasteiger charge is 2.24. The largest absolute Gasteiger partial charge is 0.290 e. The zero-order chi connectivity index (χ0) is 18.0. The standard InChI is InChI=1S/C14H9ClN4O4S2/c15-8-1-4-10(5-2-8)25(22,23)12-6-3-9(24-12)7-11(20)13(21)14-16-18-19-17-14/h1-6H,7H2,(H,16,17,18,19). The van der Waals surface area contributed by atoms with Gasteiger partial charge >= 0.3 is 0 Å². The molecule has 0 aliphatic rings. The summed E-state index contributed by atoms with van der Waals surface area (Å²) in [6.07, 6.45) is -0.242. The molecule has 0 spiro atoms. The lowest BCUT2D eigenvalue weighted by atomic mass is 10.1. The van der Waals surface area contributed by atoms with Crippen LogP contribution in [0.15, 0.2) is 45.5 Å². The van der Waals surface area contributed by atoms with Crippen LogP contribution in [0.5, 0.6) is 0 Å². The van der Waals surface area contributed by atoms with E-state index in [1.165, 1.54) is 36.4 Å². The van der Waals surface area contributed by atoms with Crippen LogP contribution in [-0.2, 0) is 21.1 Å². The van der Waals surface area contributed by atoms with Crippen LogP contribution in [0.2, 0.25) is 5.02 Å². The minimum absolute atomic E-state index is 0.0737. The maximum absolute atomic E-state index is 12.5. The van der Waals surface area contributed by atoms with E-state index >= 15 is 0 Å². The average Bonchev–Trinajstić information content (AvgIpc) is 3.26. The Kier molecular flexibility index (Phi) is 4.75. The summed E-state index contributed by atoms with van der Waals surface area (Å²) in [5, 5.41) is 12.6. The number of aromatic nitrogens is 4. The van der Waals surface area contributed by atoms with Crippen LogP contribution in [0.4, 0.5) is 0 Å². The minimum Gasteiger partial charge on any atom is -0.290 e. The molecule has 0 radical (unpaired) electrons. The number of thiophene rings is 1. The summed E-state index contributed by atoms with van der Waals surface area (Å²) >= 11 is 6.69. The van der Waals surface area contributed by atoms with Crippen LogP contribution < -0.4 is 0 Å². The number of hydrogen-bond donors (Lipinski definition) is 1. The summed E-state index contributed by atoms with van der Waals surface area (Å²) in [6, 6.07) is 8.67. The molecule has 3 aromatic rings. The Morgan fingerprint density at radius 3 is 2.48 bits per heavy atom. The highest BCUT2D eigenvalue weighted by atomic mass is 35.5. The first kappa shape index (κ1) is 17.4. The molecule has 0 atom stereocenters. The minimum atomic E-state index is -3.71. The van der Waals surface area contributed by atoms with Crippen molar-refractivity contribution >= 4 is 44.3 Å². The van der Waals surface area contributed by atoms with Crippen molar-refractivity contribution in [2.75, 3.05) is 0 Å². The van der Waals surface area contributed by atoms with Gasteiger partial charge in [0.25, 0.3) is 5.78 Å². The van der Waals surface area contributed by atoms with Crippen LogP contribution in [0.25, 0.3) is 0 Å². The number of nitrogens with zero attached hydrogens (tertiary/aromatic N) is 3. The summed E-state index contributed by atoms with van der Waals surface area (Å²) in [4.78, 5) is 24.3. The summed E-state index contributed by atoms with van der Waals surface area (Å²) in [5.41, 5.74) is 0. The van der Waals surface area contributed by atoms with Gasteiger partial charge in [0.05, 0.1) is 4.90 Å². The van der Waals surface area contributed by atoms with Crippen LogP contribution in [0, 0.1) is 0 Å². The monoisotopic (exact) mass is 396 g/mol. The van der Waals surface area contributed by atoms with Gasteiger partial charge < -0.3 is 0 Å². The molecule has 1 N–H and O–H groups in total. The molecule has 0 fully saturated rings. The maximum Gasteiger partial charge on any atom is 0.269 e. The predicted molar refractivity (Wildman–Crippen MR) is 88.4 cm³/mol. The van der Waals surface area contributed by atoms with Gasteiger partial charge in [0.2, 0.25) is 21.4 Å². The lowest BCUT2D eigenvalue weighted by molar-refractivity contribution is -0.114.